The van der Waals surface area contributed by atoms with Gasteiger partial charge < -0.3 is 14.7 Å². The van der Waals surface area contributed by atoms with Crippen LogP contribution in [0.3, 0.4) is 0 Å². The first-order chi connectivity index (χ1) is 13.2. The minimum Gasteiger partial charge on any atom is -0.496 e. The molecule has 6 heteroatoms. The van der Waals surface area contributed by atoms with Crippen LogP contribution in [-0.2, 0) is 6.54 Å². The molecular weight excluding hydrogens is 340 g/mol. The summed E-state index contributed by atoms with van der Waals surface area (Å²) < 4.78 is 5.50. The topological polar surface area (TPSA) is 61.7 Å². The number of para-hydroxylation sites is 1. The second-order valence-corrected chi connectivity index (χ2v) is 7.78. The van der Waals surface area contributed by atoms with Gasteiger partial charge in [-0.25, -0.2) is 9.97 Å². The van der Waals surface area contributed by atoms with Gasteiger partial charge in [-0.1, -0.05) is 18.2 Å². The monoisotopic (exact) mass is 368 g/mol. The molecule has 1 N–H and O–H groups in total. The summed E-state index contributed by atoms with van der Waals surface area (Å²) in [5.41, 5.74) is 1.42. The Bertz CT molecular complexity index is 747. The van der Waals surface area contributed by atoms with Gasteiger partial charge >= 0.3 is 0 Å². The number of ether oxygens (including phenoxy) is 1. The number of benzene rings is 1. The van der Waals surface area contributed by atoms with Crippen molar-refractivity contribution in [1.29, 1.82) is 0 Å². The SMILES string of the molecule is COc1ccccc1CN1CCC2(CC1)CN(c1ccncn1)CC2CO. The predicted octanol–water partition coefficient (Wildman–Crippen LogP) is 2.20. The second-order valence-electron chi connectivity index (χ2n) is 7.78. The lowest BCUT2D eigenvalue weighted by molar-refractivity contribution is 0.0504. The molecule has 2 aliphatic rings. The second kappa shape index (κ2) is 7.82. The molecule has 6 nitrogen and oxygen atoms in total. The molecule has 3 heterocycles. The van der Waals surface area contributed by atoms with Crippen LogP contribution in [0.5, 0.6) is 5.75 Å². The van der Waals surface area contributed by atoms with Gasteiger partial charge in [0.05, 0.1) is 7.11 Å². The van der Waals surface area contributed by atoms with Gasteiger partial charge in [0.25, 0.3) is 0 Å². The lowest BCUT2D eigenvalue weighted by Gasteiger charge is -2.42. The Hall–Kier alpha value is -2.18. The van der Waals surface area contributed by atoms with Crippen molar-refractivity contribution in [3.05, 3.63) is 48.4 Å². The van der Waals surface area contributed by atoms with Crippen LogP contribution >= 0.6 is 0 Å². The summed E-state index contributed by atoms with van der Waals surface area (Å²) in [7, 11) is 1.73. The molecule has 4 rings (SSSR count). The number of rotatable bonds is 5. The van der Waals surface area contributed by atoms with E-state index in [1.165, 1.54) is 5.56 Å². The zero-order valence-electron chi connectivity index (χ0n) is 15.9. The van der Waals surface area contributed by atoms with E-state index in [1.807, 2.05) is 18.2 Å². The molecule has 2 aromatic rings. The number of aliphatic hydroxyl groups is 1. The molecule has 2 saturated heterocycles. The first-order valence-electron chi connectivity index (χ1n) is 9.70. The Morgan fingerprint density at radius 3 is 2.74 bits per heavy atom. The summed E-state index contributed by atoms with van der Waals surface area (Å²) in [5, 5.41) is 10.0. The Balaban J connectivity index is 1.42. The van der Waals surface area contributed by atoms with E-state index in [4.69, 9.17) is 4.74 Å². The Morgan fingerprint density at radius 2 is 2.04 bits per heavy atom. The van der Waals surface area contributed by atoms with Crippen LogP contribution in [0, 0.1) is 11.3 Å². The summed E-state index contributed by atoms with van der Waals surface area (Å²) in [5.74, 6) is 2.24. The molecule has 0 amide bonds. The molecule has 0 radical (unpaired) electrons. The number of hydrogen-bond donors (Lipinski definition) is 1. The minimum atomic E-state index is 0.178. The zero-order valence-corrected chi connectivity index (χ0v) is 15.9. The fourth-order valence-electron chi connectivity index (χ4n) is 4.73. The molecular formula is C21H28N4O2. The minimum absolute atomic E-state index is 0.178. The number of anilines is 1. The van der Waals surface area contributed by atoms with Crippen molar-refractivity contribution in [2.45, 2.75) is 19.4 Å². The number of piperidine rings is 1. The lowest BCUT2D eigenvalue weighted by Crippen LogP contribution is -2.44. The van der Waals surface area contributed by atoms with Crippen LogP contribution in [-0.4, -0.2) is 59.9 Å². The first-order valence-corrected chi connectivity index (χ1v) is 9.70. The van der Waals surface area contributed by atoms with Gasteiger partial charge in [0.15, 0.2) is 0 Å². The van der Waals surface area contributed by atoms with Crippen molar-refractivity contribution in [1.82, 2.24) is 14.9 Å². The average molecular weight is 368 g/mol. The highest BCUT2D eigenvalue weighted by Gasteiger charge is 2.47. The summed E-state index contributed by atoms with van der Waals surface area (Å²) in [4.78, 5) is 13.2. The standard InChI is InChI=1S/C21H28N4O2/c1-27-19-5-3-2-4-17(19)12-24-10-7-21(8-11-24)15-25(13-18(21)14-26)20-6-9-22-16-23-20/h2-6,9,16,18,26H,7-8,10-15H2,1H3. The Morgan fingerprint density at radius 1 is 1.22 bits per heavy atom. The fraction of sp³-hybridized carbons (Fsp3) is 0.524. The third-order valence-corrected chi connectivity index (χ3v) is 6.36. The molecule has 1 aromatic carbocycles. The molecule has 1 unspecified atom stereocenters. The maximum atomic E-state index is 10.0. The van der Waals surface area contributed by atoms with Crippen molar-refractivity contribution in [3.63, 3.8) is 0 Å². The number of likely N-dealkylation sites (tertiary alicyclic amines) is 1. The van der Waals surface area contributed by atoms with Gasteiger partial charge in [0.1, 0.15) is 17.9 Å². The van der Waals surface area contributed by atoms with Crippen molar-refractivity contribution in [2.24, 2.45) is 11.3 Å². The molecule has 2 fully saturated rings. The highest BCUT2D eigenvalue weighted by atomic mass is 16.5. The maximum Gasteiger partial charge on any atom is 0.131 e. The van der Waals surface area contributed by atoms with Crippen molar-refractivity contribution >= 4 is 5.82 Å². The molecule has 1 spiro atoms. The quantitative estimate of drug-likeness (QED) is 0.873. The van der Waals surface area contributed by atoms with E-state index >= 15 is 0 Å². The number of methoxy groups -OCH3 is 1. The van der Waals surface area contributed by atoms with Crippen LogP contribution < -0.4 is 9.64 Å². The van der Waals surface area contributed by atoms with E-state index in [1.54, 1.807) is 19.6 Å². The molecule has 0 bridgehead atoms. The van der Waals surface area contributed by atoms with Crippen molar-refractivity contribution in [2.75, 3.05) is 44.8 Å². The summed E-state index contributed by atoms with van der Waals surface area (Å²) in [6, 6.07) is 10.2. The predicted molar refractivity (Wildman–Crippen MR) is 105 cm³/mol. The molecule has 1 atom stereocenters. The first kappa shape index (κ1) is 18.2. The van der Waals surface area contributed by atoms with Gasteiger partial charge in [-0.15, -0.1) is 0 Å². The van der Waals surface area contributed by atoms with Gasteiger partial charge in [-0.05, 0) is 43.5 Å². The smallest absolute Gasteiger partial charge is 0.131 e. The fourth-order valence-corrected chi connectivity index (χ4v) is 4.73. The van der Waals surface area contributed by atoms with Gasteiger partial charge in [0.2, 0.25) is 0 Å². The molecule has 0 aliphatic carbocycles. The van der Waals surface area contributed by atoms with E-state index < -0.39 is 0 Å². The number of aliphatic hydroxyl groups excluding tert-OH is 1. The van der Waals surface area contributed by atoms with E-state index in [0.29, 0.717) is 5.92 Å². The molecule has 0 saturated carbocycles. The third-order valence-electron chi connectivity index (χ3n) is 6.36. The van der Waals surface area contributed by atoms with E-state index in [2.05, 4.69) is 31.9 Å². The number of aromatic nitrogens is 2. The number of nitrogens with zero attached hydrogens (tertiary/aromatic N) is 4. The maximum absolute atomic E-state index is 10.0. The number of hydrogen-bond acceptors (Lipinski definition) is 6. The van der Waals surface area contributed by atoms with Gasteiger partial charge in [0, 0.05) is 43.9 Å². The van der Waals surface area contributed by atoms with Crippen LogP contribution in [0.4, 0.5) is 5.82 Å². The zero-order chi connectivity index (χ0) is 18.7. The van der Waals surface area contributed by atoms with E-state index in [9.17, 15) is 5.11 Å². The molecule has 27 heavy (non-hydrogen) atoms. The van der Waals surface area contributed by atoms with Crippen LogP contribution in [0.15, 0.2) is 42.9 Å². The molecule has 2 aliphatic heterocycles. The van der Waals surface area contributed by atoms with E-state index in [-0.39, 0.29) is 12.0 Å². The summed E-state index contributed by atoms with van der Waals surface area (Å²) >= 11 is 0. The highest BCUT2D eigenvalue weighted by Crippen LogP contribution is 2.45. The van der Waals surface area contributed by atoms with Gasteiger partial charge in [-0.2, -0.15) is 0 Å². The largest absolute Gasteiger partial charge is 0.496 e. The normalized spacial score (nSPS) is 22.3. The van der Waals surface area contributed by atoms with Crippen molar-refractivity contribution in [3.8, 4) is 5.75 Å². The molecule has 1 aromatic heterocycles. The average Bonchev–Trinajstić information content (AvgIpc) is 3.09. The van der Waals surface area contributed by atoms with E-state index in [0.717, 1.165) is 57.1 Å². The Labute approximate surface area is 160 Å². The summed E-state index contributed by atoms with van der Waals surface area (Å²) in [6.07, 6.45) is 5.60. The highest BCUT2D eigenvalue weighted by molar-refractivity contribution is 5.39. The van der Waals surface area contributed by atoms with Crippen LogP contribution in [0.2, 0.25) is 0 Å². The summed E-state index contributed by atoms with van der Waals surface area (Å²) in [6.45, 7) is 5.10. The Kier molecular flexibility index (Phi) is 5.27. The lowest BCUT2D eigenvalue weighted by atomic mass is 9.71. The third kappa shape index (κ3) is 3.64. The molecule has 144 valence electrons. The van der Waals surface area contributed by atoms with Crippen molar-refractivity contribution < 1.29 is 9.84 Å². The van der Waals surface area contributed by atoms with Crippen LogP contribution in [0.1, 0.15) is 18.4 Å². The van der Waals surface area contributed by atoms with Crippen LogP contribution in [0.25, 0.3) is 0 Å². The van der Waals surface area contributed by atoms with Gasteiger partial charge in [-0.3, -0.25) is 4.90 Å².